The van der Waals surface area contributed by atoms with Gasteiger partial charge in [-0.15, -0.1) is 0 Å². The molecule has 0 saturated heterocycles. The molecule has 0 saturated carbocycles. The number of nitrogens with zero attached hydrogens (tertiary/aromatic N) is 1. The minimum Gasteiger partial charge on any atom is -0.495 e. The average molecular weight is 364 g/mol. The van der Waals surface area contributed by atoms with Crippen LogP contribution in [0.15, 0.2) is 47.4 Å². The summed E-state index contributed by atoms with van der Waals surface area (Å²) in [5.74, 6) is 0.414. The first-order chi connectivity index (χ1) is 11.8. The lowest BCUT2D eigenvalue weighted by Gasteiger charge is -2.13. The highest BCUT2D eigenvalue weighted by Crippen LogP contribution is 2.30. The maximum absolute atomic E-state index is 12.6. The van der Waals surface area contributed by atoms with Gasteiger partial charge in [0.15, 0.2) is 0 Å². The topological polar surface area (TPSA) is 98.5 Å². The van der Waals surface area contributed by atoms with Gasteiger partial charge in [-0.1, -0.05) is 26.0 Å². The standard InChI is InChI=1S/C17H20N2O5S/c1-4-12(2)13-5-7-14(8-6-13)18-25(22,23)17-11-15(19(20)21)9-10-16(17)24-3/h5-12,18H,4H2,1-3H3. The van der Waals surface area contributed by atoms with Crippen LogP contribution in [0.4, 0.5) is 11.4 Å². The van der Waals surface area contributed by atoms with Crippen molar-refractivity contribution >= 4 is 21.4 Å². The quantitative estimate of drug-likeness (QED) is 0.593. The van der Waals surface area contributed by atoms with E-state index in [1.54, 1.807) is 12.1 Å². The third-order valence-corrected chi connectivity index (χ3v) is 5.39. The maximum Gasteiger partial charge on any atom is 0.271 e. The van der Waals surface area contributed by atoms with E-state index in [-0.39, 0.29) is 16.3 Å². The Morgan fingerprint density at radius 3 is 2.36 bits per heavy atom. The first-order valence-corrected chi connectivity index (χ1v) is 9.22. The molecule has 2 aromatic rings. The largest absolute Gasteiger partial charge is 0.495 e. The lowest BCUT2D eigenvalue weighted by Crippen LogP contribution is -2.14. The van der Waals surface area contributed by atoms with Crippen molar-refractivity contribution in [2.75, 3.05) is 11.8 Å². The molecule has 134 valence electrons. The molecular formula is C17H20N2O5S. The second kappa shape index (κ2) is 7.52. The molecule has 0 radical (unpaired) electrons. The van der Waals surface area contributed by atoms with Crippen molar-refractivity contribution in [3.8, 4) is 5.75 Å². The van der Waals surface area contributed by atoms with Gasteiger partial charge in [-0.3, -0.25) is 14.8 Å². The lowest BCUT2D eigenvalue weighted by atomic mass is 9.99. The third kappa shape index (κ3) is 4.27. The molecule has 0 bridgehead atoms. The molecule has 0 aliphatic rings. The average Bonchev–Trinajstić information content (AvgIpc) is 2.60. The fourth-order valence-corrected chi connectivity index (χ4v) is 3.56. The van der Waals surface area contributed by atoms with Crippen LogP contribution in [0, 0.1) is 10.1 Å². The summed E-state index contributed by atoms with van der Waals surface area (Å²) in [6.45, 7) is 4.17. The Morgan fingerprint density at radius 2 is 1.84 bits per heavy atom. The summed E-state index contributed by atoms with van der Waals surface area (Å²) in [7, 11) is -2.72. The summed E-state index contributed by atoms with van der Waals surface area (Å²) < 4.78 is 32.7. The molecule has 0 amide bonds. The van der Waals surface area contributed by atoms with Gasteiger partial charge in [-0.25, -0.2) is 8.42 Å². The molecule has 1 N–H and O–H groups in total. The Balaban J connectivity index is 2.36. The number of methoxy groups -OCH3 is 1. The van der Waals surface area contributed by atoms with Gasteiger partial charge in [0.1, 0.15) is 10.6 Å². The number of hydrogen-bond donors (Lipinski definition) is 1. The van der Waals surface area contributed by atoms with Gasteiger partial charge in [-0.2, -0.15) is 0 Å². The second-order valence-electron chi connectivity index (χ2n) is 5.63. The fourth-order valence-electron chi connectivity index (χ4n) is 2.31. The minimum atomic E-state index is -4.03. The van der Waals surface area contributed by atoms with Gasteiger partial charge in [0.05, 0.1) is 12.0 Å². The van der Waals surface area contributed by atoms with Crippen molar-refractivity contribution in [2.45, 2.75) is 31.1 Å². The van der Waals surface area contributed by atoms with E-state index >= 15 is 0 Å². The van der Waals surface area contributed by atoms with Gasteiger partial charge >= 0.3 is 0 Å². The summed E-state index contributed by atoms with van der Waals surface area (Å²) in [4.78, 5) is 9.98. The smallest absolute Gasteiger partial charge is 0.271 e. The normalized spacial score (nSPS) is 12.4. The molecular weight excluding hydrogens is 344 g/mol. The molecule has 0 aliphatic heterocycles. The van der Waals surface area contributed by atoms with E-state index in [2.05, 4.69) is 18.6 Å². The number of hydrogen-bond acceptors (Lipinski definition) is 5. The molecule has 0 aromatic heterocycles. The van der Waals surface area contributed by atoms with Crippen LogP contribution < -0.4 is 9.46 Å². The molecule has 2 aromatic carbocycles. The highest BCUT2D eigenvalue weighted by atomic mass is 32.2. The van der Waals surface area contributed by atoms with E-state index < -0.39 is 14.9 Å². The van der Waals surface area contributed by atoms with Crippen molar-refractivity contribution < 1.29 is 18.1 Å². The maximum atomic E-state index is 12.6. The second-order valence-corrected chi connectivity index (χ2v) is 7.28. The molecule has 1 unspecified atom stereocenters. The van der Waals surface area contributed by atoms with Crippen LogP contribution >= 0.6 is 0 Å². The molecule has 1 atom stereocenters. The van der Waals surface area contributed by atoms with E-state index in [1.807, 2.05) is 12.1 Å². The van der Waals surface area contributed by atoms with Crippen LogP contribution in [-0.4, -0.2) is 20.5 Å². The van der Waals surface area contributed by atoms with Crippen molar-refractivity contribution in [1.82, 2.24) is 0 Å². The van der Waals surface area contributed by atoms with Crippen molar-refractivity contribution in [3.05, 3.63) is 58.1 Å². The minimum absolute atomic E-state index is 0.0364. The third-order valence-electron chi connectivity index (χ3n) is 3.99. The van der Waals surface area contributed by atoms with Crippen LogP contribution in [0.5, 0.6) is 5.75 Å². The Morgan fingerprint density at radius 1 is 1.20 bits per heavy atom. The number of rotatable bonds is 7. The number of anilines is 1. The highest BCUT2D eigenvalue weighted by Gasteiger charge is 2.23. The number of benzene rings is 2. The van der Waals surface area contributed by atoms with E-state index in [4.69, 9.17) is 4.74 Å². The lowest BCUT2D eigenvalue weighted by molar-refractivity contribution is -0.385. The number of nitro benzene ring substituents is 1. The van der Waals surface area contributed by atoms with Crippen LogP contribution in [-0.2, 0) is 10.0 Å². The molecule has 25 heavy (non-hydrogen) atoms. The summed E-state index contributed by atoms with van der Waals surface area (Å²) in [6.07, 6.45) is 0.982. The van der Waals surface area contributed by atoms with Gasteiger partial charge in [0.2, 0.25) is 0 Å². The number of nitro groups is 1. The Kier molecular flexibility index (Phi) is 5.63. The van der Waals surface area contributed by atoms with E-state index in [0.717, 1.165) is 18.1 Å². The van der Waals surface area contributed by atoms with Crippen LogP contribution in [0.2, 0.25) is 0 Å². The Labute approximate surface area is 146 Å². The molecule has 0 aliphatic carbocycles. The zero-order chi connectivity index (χ0) is 18.6. The summed E-state index contributed by atoms with van der Waals surface area (Å²) in [5.41, 5.74) is 1.16. The number of non-ortho nitro benzene ring substituents is 1. The highest BCUT2D eigenvalue weighted by molar-refractivity contribution is 7.92. The van der Waals surface area contributed by atoms with Crippen LogP contribution in [0.3, 0.4) is 0 Å². The summed E-state index contributed by atoms with van der Waals surface area (Å²) in [5, 5.41) is 10.9. The van der Waals surface area contributed by atoms with Crippen molar-refractivity contribution in [2.24, 2.45) is 0 Å². The van der Waals surface area contributed by atoms with Gasteiger partial charge in [0.25, 0.3) is 15.7 Å². The summed E-state index contributed by atoms with van der Waals surface area (Å²) in [6, 6.07) is 10.5. The molecule has 0 heterocycles. The van der Waals surface area contributed by atoms with Crippen molar-refractivity contribution in [3.63, 3.8) is 0 Å². The predicted molar refractivity (Wildman–Crippen MR) is 95.6 cm³/mol. The molecule has 7 nitrogen and oxygen atoms in total. The monoisotopic (exact) mass is 364 g/mol. The predicted octanol–water partition coefficient (Wildman–Crippen LogP) is 3.92. The molecule has 8 heteroatoms. The SMILES string of the molecule is CCC(C)c1ccc(NS(=O)(=O)c2cc([N+](=O)[O-])ccc2OC)cc1. The zero-order valence-corrected chi connectivity index (χ0v) is 15.0. The van der Waals surface area contributed by atoms with Crippen LogP contribution in [0.25, 0.3) is 0 Å². The van der Waals surface area contributed by atoms with E-state index in [1.165, 1.54) is 19.2 Å². The van der Waals surface area contributed by atoms with E-state index in [9.17, 15) is 18.5 Å². The van der Waals surface area contributed by atoms with Gasteiger partial charge in [-0.05, 0) is 36.1 Å². The summed E-state index contributed by atoms with van der Waals surface area (Å²) >= 11 is 0. The number of sulfonamides is 1. The molecule has 0 fully saturated rings. The Hall–Kier alpha value is -2.61. The van der Waals surface area contributed by atoms with Gasteiger partial charge < -0.3 is 4.74 Å². The number of nitrogens with one attached hydrogen (secondary N) is 1. The molecule has 2 rings (SSSR count). The Bertz CT molecular complexity index is 863. The first-order valence-electron chi connectivity index (χ1n) is 7.73. The molecule has 0 spiro atoms. The first kappa shape index (κ1) is 18.7. The van der Waals surface area contributed by atoms with E-state index in [0.29, 0.717) is 11.6 Å². The van der Waals surface area contributed by atoms with Crippen LogP contribution in [0.1, 0.15) is 31.7 Å². The zero-order valence-electron chi connectivity index (χ0n) is 14.2. The van der Waals surface area contributed by atoms with Crippen molar-refractivity contribution in [1.29, 1.82) is 0 Å². The fraction of sp³-hybridized carbons (Fsp3) is 0.294. The number of ether oxygens (including phenoxy) is 1. The van der Waals surface area contributed by atoms with Gasteiger partial charge in [0, 0.05) is 17.8 Å².